The number of hydrogen-bond donors (Lipinski definition) is 2. The van der Waals surface area contributed by atoms with Crippen LogP contribution in [0.25, 0.3) is 0 Å². The van der Waals surface area contributed by atoms with Gasteiger partial charge >= 0.3 is 0 Å². The lowest BCUT2D eigenvalue weighted by molar-refractivity contribution is 0.575. The van der Waals surface area contributed by atoms with E-state index in [1.54, 1.807) is 12.1 Å². The van der Waals surface area contributed by atoms with Gasteiger partial charge in [-0.3, -0.25) is 0 Å². The molecule has 0 aliphatic rings. The molecular weight excluding hydrogens is 260 g/mol. The van der Waals surface area contributed by atoms with E-state index in [-0.39, 0.29) is 0 Å². The van der Waals surface area contributed by atoms with Crippen molar-refractivity contribution in [3.8, 4) is 0 Å². The van der Waals surface area contributed by atoms with Crippen LogP contribution in [0.5, 0.6) is 0 Å². The number of nitrogens with one attached hydrogen (secondary N) is 2. The molecule has 0 fully saturated rings. The van der Waals surface area contributed by atoms with E-state index in [4.69, 9.17) is 0 Å². The summed E-state index contributed by atoms with van der Waals surface area (Å²) in [4.78, 5) is 0.347. The normalized spacial score (nSPS) is 11.7. The van der Waals surface area contributed by atoms with Crippen LogP contribution in [0.4, 0.5) is 0 Å². The van der Waals surface area contributed by atoms with Gasteiger partial charge < -0.3 is 5.32 Å². The summed E-state index contributed by atoms with van der Waals surface area (Å²) in [5, 5.41) is 3.05. The molecule has 0 atom stereocenters. The van der Waals surface area contributed by atoms with E-state index in [2.05, 4.69) is 17.0 Å². The Bertz CT molecular complexity index is 498. The van der Waals surface area contributed by atoms with Crippen LogP contribution in [0.3, 0.4) is 0 Å². The first kappa shape index (κ1) is 16.1. The Balaban J connectivity index is 2.80. The fraction of sp³-hybridized carbons (Fsp3) is 0.571. The highest BCUT2D eigenvalue weighted by Gasteiger charge is 2.14. The smallest absolute Gasteiger partial charge is 0.240 e. The number of aryl methyl sites for hydroxylation is 1. The first-order valence-electron chi connectivity index (χ1n) is 6.75. The molecule has 0 amide bonds. The van der Waals surface area contributed by atoms with Crippen LogP contribution < -0.4 is 10.0 Å². The Kier molecular flexibility index (Phi) is 6.48. The fourth-order valence-corrected chi connectivity index (χ4v) is 2.99. The molecule has 0 saturated heterocycles. The van der Waals surface area contributed by atoms with Gasteiger partial charge in [0.1, 0.15) is 0 Å². The highest BCUT2D eigenvalue weighted by Crippen LogP contribution is 2.15. The van der Waals surface area contributed by atoms with Crippen molar-refractivity contribution in [3.63, 3.8) is 0 Å². The zero-order chi connectivity index (χ0) is 14.3. The zero-order valence-electron chi connectivity index (χ0n) is 12.0. The summed E-state index contributed by atoms with van der Waals surface area (Å²) in [6.07, 6.45) is 3.00. The molecule has 108 valence electrons. The number of unbranched alkanes of at least 4 members (excludes halogenated alkanes) is 2. The molecule has 19 heavy (non-hydrogen) atoms. The van der Waals surface area contributed by atoms with Crippen LogP contribution in [0.15, 0.2) is 23.1 Å². The molecule has 1 rings (SSSR count). The highest BCUT2D eigenvalue weighted by atomic mass is 32.2. The molecule has 2 N–H and O–H groups in total. The number of hydrogen-bond acceptors (Lipinski definition) is 3. The van der Waals surface area contributed by atoms with Gasteiger partial charge in [-0.15, -0.1) is 0 Å². The largest absolute Gasteiger partial charge is 0.316 e. The number of rotatable bonds is 8. The number of benzene rings is 1. The molecule has 0 heterocycles. The molecule has 0 bridgehead atoms. The molecule has 1 aromatic rings. The second kappa shape index (κ2) is 7.62. The number of sulfonamides is 1. The molecule has 0 unspecified atom stereocenters. The topological polar surface area (TPSA) is 58.2 Å². The van der Waals surface area contributed by atoms with Crippen LogP contribution in [0, 0.1) is 6.92 Å². The van der Waals surface area contributed by atoms with Gasteiger partial charge in [0.25, 0.3) is 0 Å². The third-order valence-electron chi connectivity index (χ3n) is 3.07. The molecule has 0 spiro atoms. The summed E-state index contributed by atoms with van der Waals surface area (Å²) in [7, 11) is -1.53. The van der Waals surface area contributed by atoms with E-state index in [1.165, 1.54) is 0 Å². The van der Waals surface area contributed by atoms with Gasteiger partial charge in [-0.25, -0.2) is 13.1 Å². The van der Waals surface area contributed by atoms with E-state index < -0.39 is 10.0 Å². The standard InChI is InChI=1S/C14H24N2O2S/c1-4-5-6-9-16-19(17,18)14-8-7-12(2)13(10-14)11-15-3/h7-8,10,15-16H,4-6,9,11H2,1-3H3. The van der Waals surface area contributed by atoms with Gasteiger partial charge in [-0.05, 0) is 43.7 Å². The lowest BCUT2D eigenvalue weighted by atomic mass is 10.1. The van der Waals surface area contributed by atoms with Gasteiger partial charge in [0, 0.05) is 13.1 Å². The van der Waals surface area contributed by atoms with Crippen LogP contribution >= 0.6 is 0 Å². The highest BCUT2D eigenvalue weighted by molar-refractivity contribution is 7.89. The monoisotopic (exact) mass is 284 g/mol. The lowest BCUT2D eigenvalue weighted by Crippen LogP contribution is -2.25. The summed E-state index contributed by atoms with van der Waals surface area (Å²) in [6, 6.07) is 5.26. The predicted molar refractivity (Wildman–Crippen MR) is 78.7 cm³/mol. The SMILES string of the molecule is CCCCCNS(=O)(=O)c1ccc(C)c(CNC)c1. The molecule has 0 aromatic heterocycles. The van der Waals surface area contributed by atoms with Crippen molar-refractivity contribution in [2.24, 2.45) is 0 Å². The fourth-order valence-electron chi connectivity index (χ4n) is 1.86. The summed E-state index contributed by atoms with van der Waals surface area (Å²) >= 11 is 0. The molecule has 5 heteroatoms. The lowest BCUT2D eigenvalue weighted by Gasteiger charge is -2.10. The van der Waals surface area contributed by atoms with Gasteiger partial charge in [-0.2, -0.15) is 0 Å². The maximum atomic E-state index is 12.1. The van der Waals surface area contributed by atoms with Crippen LogP contribution in [-0.4, -0.2) is 22.0 Å². The van der Waals surface area contributed by atoms with Gasteiger partial charge in [0.2, 0.25) is 10.0 Å². The van der Waals surface area contributed by atoms with Crippen molar-refractivity contribution in [2.75, 3.05) is 13.6 Å². The Morgan fingerprint density at radius 3 is 2.58 bits per heavy atom. The van der Waals surface area contributed by atoms with Crippen molar-refractivity contribution in [1.29, 1.82) is 0 Å². The molecule has 0 aliphatic carbocycles. The minimum absolute atomic E-state index is 0.347. The van der Waals surface area contributed by atoms with Gasteiger partial charge in [0.05, 0.1) is 4.90 Å². The summed E-state index contributed by atoms with van der Waals surface area (Å²) in [6.45, 7) is 5.26. The zero-order valence-corrected chi connectivity index (χ0v) is 12.8. The Labute approximate surface area is 116 Å². The summed E-state index contributed by atoms with van der Waals surface area (Å²) in [5.74, 6) is 0. The quantitative estimate of drug-likeness (QED) is 0.719. The molecule has 0 saturated carbocycles. The van der Waals surface area contributed by atoms with Crippen molar-refractivity contribution in [2.45, 2.75) is 44.6 Å². The Morgan fingerprint density at radius 1 is 1.21 bits per heavy atom. The predicted octanol–water partition coefficient (Wildman–Crippen LogP) is 2.18. The maximum Gasteiger partial charge on any atom is 0.240 e. The first-order valence-corrected chi connectivity index (χ1v) is 8.23. The minimum atomic E-state index is -3.38. The third kappa shape index (κ3) is 4.93. The maximum absolute atomic E-state index is 12.1. The third-order valence-corrected chi connectivity index (χ3v) is 4.53. The van der Waals surface area contributed by atoms with E-state index in [0.717, 1.165) is 30.4 Å². The molecule has 0 aliphatic heterocycles. The Hall–Kier alpha value is -0.910. The second-order valence-corrected chi connectivity index (χ2v) is 6.49. The summed E-state index contributed by atoms with van der Waals surface area (Å²) < 4.78 is 26.9. The summed E-state index contributed by atoms with van der Waals surface area (Å²) in [5.41, 5.74) is 2.11. The van der Waals surface area contributed by atoms with Crippen LogP contribution in [0.2, 0.25) is 0 Å². The average Bonchev–Trinajstić information content (AvgIpc) is 2.37. The molecule has 1 aromatic carbocycles. The molecule has 4 nitrogen and oxygen atoms in total. The average molecular weight is 284 g/mol. The van der Waals surface area contributed by atoms with Crippen LogP contribution in [-0.2, 0) is 16.6 Å². The van der Waals surface area contributed by atoms with Gasteiger partial charge in [-0.1, -0.05) is 25.8 Å². The molecular formula is C14H24N2O2S. The van der Waals surface area contributed by atoms with E-state index in [0.29, 0.717) is 18.0 Å². The van der Waals surface area contributed by atoms with E-state index in [1.807, 2.05) is 20.0 Å². The first-order chi connectivity index (χ1) is 9.01. The van der Waals surface area contributed by atoms with Crippen molar-refractivity contribution < 1.29 is 8.42 Å². The second-order valence-electron chi connectivity index (χ2n) is 4.72. The molecule has 0 radical (unpaired) electrons. The van der Waals surface area contributed by atoms with E-state index in [9.17, 15) is 8.42 Å². The van der Waals surface area contributed by atoms with Crippen molar-refractivity contribution in [1.82, 2.24) is 10.0 Å². The van der Waals surface area contributed by atoms with Gasteiger partial charge in [0.15, 0.2) is 0 Å². The van der Waals surface area contributed by atoms with E-state index >= 15 is 0 Å². The minimum Gasteiger partial charge on any atom is -0.316 e. The van der Waals surface area contributed by atoms with Crippen LogP contribution in [0.1, 0.15) is 37.3 Å². The van der Waals surface area contributed by atoms with Crippen molar-refractivity contribution >= 4 is 10.0 Å². The van der Waals surface area contributed by atoms with Crippen molar-refractivity contribution in [3.05, 3.63) is 29.3 Å². The Morgan fingerprint density at radius 2 is 1.95 bits per heavy atom.